The molecular weight excluding hydrogens is 324 g/mol. The number of ether oxygens (including phenoxy) is 4. The number of hydrogen-bond donors (Lipinski definition) is 0. The molecule has 1 saturated heterocycles. The van der Waals surface area contributed by atoms with Gasteiger partial charge in [0.25, 0.3) is 0 Å². The summed E-state index contributed by atoms with van der Waals surface area (Å²) in [5.74, 6) is -0.710. The summed E-state index contributed by atoms with van der Waals surface area (Å²) in [6, 6.07) is 8.78. The van der Waals surface area contributed by atoms with Crippen LogP contribution in [-0.4, -0.2) is 42.6 Å². The molecule has 0 saturated carbocycles. The van der Waals surface area contributed by atoms with Gasteiger partial charge >= 0.3 is 11.9 Å². The predicted molar refractivity (Wildman–Crippen MR) is 91.0 cm³/mol. The first kappa shape index (κ1) is 19.4. The van der Waals surface area contributed by atoms with Crippen LogP contribution < -0.4 is 0 Å². The van der Waals surface area contributed by atoms with Crippen LogP contribution in [0.4, 0.5) is 0 Å². The van der Waals surface area contributed by atoms with Crippen molar-refractivity contribution in [2.75, 3.05) is 6.61 Å². The zero-order chi connectivity index (χ0) is 18.4. The first-order valence-electron chi connectivity index (χ1n) is 8.48. The van der Waals surface area contributed by atoms with E-state index >= 15 is 0 Å². The van der Waals surface area contributed by atoms with Gasteiger partial charge in [0, 0.05) is 6.42 Å². The molecule has 0 aromatic heterocycles. The molecule has 1 aliphatic heterocycles. The second-order valence-electron chi connectivity index (χ2n) is 7.07. The van der Waals surface area contributed by atoms with Gasteiger partial charge in [0.05, 0.1) is 24.2 Å². The maximum absolute atomic E-state index is 12.0. The van der Waals surface area contributed by atoms with Gasteiger partial charge < -0.3 is 18.9 Å². The van der Waals surface area contributed by atoms with Crippen molar-refractivity contribution in [3.8, 4) is 0 Å². The van der Waals surface area contributed by atoms with E-state index in [4.69, 9.17) is 18.9 Å². The minimum absolute atomic E-state index is 0.117. The first-order valence-corrected chi connectivity index (χ1v) is 8.48. The van der Waals surface area contributed by atoms with Gasteiger partial charge in [-0.05, 0) is 39.8 Å². The number of carbonyl (C=O) groups excluding carboxylic acids is 2. The smallest absolute Gasteiger partial charge is 0.338 e. The topological polar surface area (TPSA) is 71.1 Å². The van der Waals surface area contributed by atoms with Crippen molar-refractivity contribution in [2.24, 2.45) is 0 Å². The lowest BCUT2D eigenvalue weighted by Gasteiger charge is -2.34. The maximum Gasteiger partial charge on any atom is 0.338 e. The zero-order valence-electron chi connectivity index (χ0n) is 15.2. The molecule has 0 amide bonds. The molecule has 1 aromatic carbocycles. The van der Waals surface area contributed by atoms with Crippen molar-refractivity contribution in [3.63, 3.8) is 0 Å². The molecule has 3 atom stereocenters. The van der Waals surface area contributed by atoms with E-state index in [0.717, 1.165) is 0 Å². The van der Waals surface area contributed by atoms with Gasteiger partial charge in [0.2, 0.25) is 0 Å². The van der Waals surface area contributed by atoms with Crippen molar-refractivity contribution in [1.29, 1.82) is 0 Å². The summed E-state index contributed by atoms with van der Waals surface area (Å²) in [6.07, 6.45) is -0.496. The minimum Gasteiger partial charge on any atom is -0.460 e. The Morgan fingerprint density at radius 3 is 2.40 bits per heavy atom. The molecule has 1 aliphatic rings. The van der Waals surface area contributed by atoms with E-state index in [1.807, 2.05) is 26.8 Å². The summed E-state index contributed by atoms with van der Waals surface area (Å²) in [7, 11) is 0. The third-order valence-electron chi connectivity index (χ3n) is 3.52. The molecule has 25 heavy (non-hydrogen) atoms. The van der Waals surface area contributed by atoms with Crippen molar-refractivity contribution >= 4 is 11.9 Å². The lowest BCUT2D eigenvalue weighted by atomic mass is 10.1. The van der Waals surface area contributed by atoms with Crippen LogP contribution in [0.15, 0.2) is 30.3 Å². The summed E-state index contributed by atoms with van der Waals surface area (Å²) in [5, 5.41) is 0. The van der Waals surface area contributed by atoms with Crippen molar-refractivity contribution in [2.45, 2.75) is 64.6 Å². The third-order valence-corrected chi connectivity index (χ3v) is 3.52. The van der Waals surface area contributed by atoms with Gasteiger partial charge in [-0.25, -0.2) is 4.79 Å². The van der Waals surface area contributed by atoms with Gasteiger partial charge in [-0.1, -0.05) is 18.2 Å². The van der Waals surface area contributed by atoms with Crippen LogP contribution >= 0.6 is 0 Å². The van der Waals surface area contributed by atoms with Crippen LogP contribution in [0.5, 0.6) is 0 Å². The van der Waals surface area contributed by atoms with E-state index in [9.17, 15) is 9.59 Å². The van der Waals surface area contributed by atoms with Crippen molar-refractivity contribution in [3.05, 3.63) is 35.9 Å². The molecule has 1 aromatic rings. The van der Waals surface area contributed by atoms with Crippen molar-refractivity contribution in [1.82, 2.24) is 0 Å². The molecule has 1 unspecified atom stereocenters. The Labute approximate surface area is 148 Å². The number of rotatable bonds is 5. The SMILES string of the molecule is CC1O[C@H](COC(=O)c2ccccc2)C[C@H](CC(=O)OC(C)(C)C)O1. The molecule has 0 N–H and O–H groups in total. The fraction of sp³-hybridized carbons (Fsp3) is 0.579. The molecule has 2 rings (SSSR count). The second-order valence-corrected chi connectivity index (χ2v) is 7.07. The molecule has 0 spiro atoms. The molecule has 6 nitrogen and oxygen atoms in total. The standard InChI is InChI=1S/C19H26O6/c1-13-23-15(11-17(20)25-19(2,3)4)10-16(24-13)12-22-18(21)14-8-6-5-7-9-14/h5-9,13,15-16H,10-12H2,1-4H3/t13?,15-,16+/m1/s1. The Bertz CT molecular complexity index is 577. The monoisotopic (exact) mass is 350 g/mol. The average molecular weight is 350 g/mol. The van der Waals surface area contributed by atoms with E-state index in [0.29, 0.717) is 12.0 Å². The number of benzene rings is 1. The van der Waals surface area contributed by atoms with E-state index in [2.05, 4.69) is 0 Å². The Morgan fingerprint density at radius 1 is 1.12 bits per heavy atom. The normalized spacial score (nSPS) is 23.8. The van der Waals surface area contributed by atoms with Gasteiger partial charge in [0.1, 0.15) is 12.2 Å². The summed E-state index contributed by atoms with van der Waals surface area (Å²) in [4.78, 5) is 24.0. The zero-order valence-corrected chi connectivity index (χ0v) is 15.2. The molecule has 0 radical (unpaired) electrons. The molecule has 1 fully saturated rings. The lowest BCUT2D eigenvalue weighted by molar-refractivity contribution is -0.242. The summed E-state index contributed by atoms with van der Waals surface area (Å²) >= 11 is 0. The molecule has 6 heteroatoms. The van der Waals surface area contributed by atoms with Crippen LogP contribution in [-0.2, 0) is 23.7 Å². The number of hydrogen-bond acceptors (Lipinski definition) is 6. The highest BCUT2D eigenvalue weighted by atomic mass is 16.7. The van der Waals surface area contributed by atoms with Gasteiger partial charge in [-0.3, -0.25) is 4.79 Å². The molecule has 138 valence electrons. The minimum atomic E-state index is -0.529. The highest BCUT2D eigenvalue weighted by Gasteiger charge is 2.31. The van der Waals surface area contributed by atoms with E-state index in [1.165, 1.54) is 0 Å². The predicted octanol–water partition coefficient (Wildman–Crippen LogP) is 3.10. The van der Waals surface area contributed by atoms with Gasteiger partial charge in [0.15, 0.2) is 6.29 Å². The highest BCUT2D eigenvalue weighted by molar-refractivity contribution is 5.89. The summed E-state index contributed by atoms with van der Waals surface area (Å²) < 4.78 is 21.9. The maximum atomic E-state index is 12.0. The lowest BCUT2D eigenvalue weighted by Crippen LogP contribution is -2.41. The van der Waals surface area contributed by atoms with E-state index in [-0.39, 0.29) is 31.2 Å². The summed E-state index contributed by atoms with van der Waals surface area (Å²) in [6.45, 7) is 7.35. The van der Waals surface area contributed by atoms with Crippen LogP contribution in [0.3, 0.4) is 0 Å². The van der Waals surface area contributed by atoms with E-state index in [1.54, 1.807) is 31.2 Å². The van der Waals surface area contributed by atoms with Crippen LogP contribution in [0.25, 0.3) is 0 Å². The van der Waals surface area contributed by atoms with Crippen LogP contribution in [0, 0.1) is 0 Å². The van der Waals surface area contributed by atoms with E-state index < -0.39 is 17.9 Å². The quantitative estimate of drug-likeness (QED) is 0.760. The Hall–Kier alpha value is -1.92. The number of carbonyl (C=O) groups is 2. The summed E-state index contributed by atoms with van der Waals surface area (Å²) in [5.41, 5.74) is -0.0358. The molecular formula is C19H26O6. The largest absolute Gasteiger partial charge is 0.460 e. The Kier molecular flexibility index (Phi) is 6.56. The molecule has 0 aliphatic carbocycles. The van der Waals surface area contributed by atoms with Crippen molar-refractivity contribution < 1.29 is 28.5 Å². The third kappa shape index (κ3) is 6.84. The Morgan fingerprint density at radius 2 is 1.76 bits per heavy atom. The second kappa shape index (κ2) is 8.45. The number of esters is 2. The van der Waals surface area contributed by atoms with Crippen LogP contribution in [0.2, 0.25) is 0 Å². The van der Waals surface area contributed by atoms with Gasteiger partial charge in [-0.15, -0.1) is 0 Å². The molecule has 1 heterocycles. The first-order chi connectivity index (χ1) is 11.7. The fourth-order valence-electron chi connectivity index (χ4n) is 2.61. The fourth-order valence-corrected chi connectivity index (χ4v) is 2.61. The average Bonchev–Trinajstić information content (AvgIpc) is 2.51. The molecule has 0 bridgehead atoms. The van der Waals surface area contributed by atoms with Gasteiger partial charge in [-0.2, -0.15) is 0 Å². The highest BCUT2D eigenvalue weighted by Crippen LogP contribution is 2.22. The van der Waals surface area contributed by atoms with Crippen LogP contribution in [0.1, 0.15) is 50.9 Å². The Balaban J connectivity index is 1.83.